The first-order valence-corrected chi connectivity index (χ1v) is 7.24. The lowest BCUT2D eigenvalue weighted by Crippen LogP contribution is -2.29. The molecular weight excluding hydrogens is 220 g/mol. The minimum atomic E-state index is 0.451. The molecule has 0 unspecified atom stereocenters. The van der Waals surface area contributed by atoms with E-state index in [4.69, 9.17) is 5.73 Å². The lowest BCUT2D eigenvalue weighted by Gasteiger charge is -2.26. The third kappa shape index (κ3) is 3.74. The number of hydrogen-bond donors (Lipinski definition) is 2. The molecule has 0 aromatic heterocycles. The minimum Gasteiger partial charge on any atom is -0.385 e. The molecule has 1 aromatic carbocycles. The molecule has 1 saturated carbocycles. The predicted octanol–water partition coefficient (Wildman–Crippen LogP) is 3.74. The summed E-state index contributed by atoms with van der Waals surface area (Å²) in [5.41, 5.74) is 8.58. The van der Waals surface area contributed by atoms with E-state index >= 15 is 0 Å². The van der Waals surface area contributed by atoms with Gasteiger partial charge in [0.1, 0.15) is 0 Å². The van der Waals surface area contributed by atoms with Crippen LogP contribution in [0.25, 0.3) is 0 Å². The van der Waals surface area contributed by atoms with Crippen molar-refractivity contribution in [1.82, 2.24) is 0 Å². The van der Waals surface area contributed by atoms with E-state index in [2.05, 4.69) is 43.4 Å². The van der Waals surface area contributed by atoms with Crippen molar-refractivity contribution in [3.63, 3.8) is 0 Å². The summed E-state index contributed by atoms with van der Waals surface area (Å²) in [6.07, 6.45) is 4.94. The second kappa shape index (κ2) is 6.24. The molecule has 0 aliphatic heterocycles. The van der Waals surface area contributed by atoms with Crippen LogP contribution in [0.15, 0.2) is 24.3 Å². The normalized spacial score (nSPS) is 24.2. The van der Waals surface area contributed by atoms with Crippen molar-refractivity contribution in [2.45, 2.75) is 51.5 Å². The topological polar surface area (TPSA) is 38.0 Å². The molecule has 100 valence electrons. The molecule has 0 atom stereocenters. The summed E-state index contributed by atoms with van der Waals surface area (Å²) < 4.78 is 0. The van der Waals surface area contributed by atoms with Gasteiger partial charge in [0.2, 0.25) is 0 Å². The Morgan fingerprint density at radius 1 is 1.11 bits per heavy atom. The highest BCUT2D eigenvalue weighted by molar-refractivity contribution is 5.45. The molecule has 0 saturated heterocycles. The third-order valence-electron chi connectivity index (χ3n) is 4.06. The number of nitrogens with one attached hydrogen (secondary N) is 1. The van der Waals surface area contributed by atoms with Crippen molar-refractivity contribution in [2.24, 2.45) is 11.7 Å². The van der Waals surface area contributed by atoms with Gasteiger partial charge in [0.05, 0.1) is 0 Å². The Labute approximate surface area is 111 Å². The number of hydrogen-bond acceptors (Lipinski definition) is 2. The molecule has 2 nitrogen and oxygen atoms in total. The smallest absolute Gasteiger partial charge is 0.0340 e. The Hall–Kier alpha value is -1.02. The zero-order chi connectivity index (χ0) is 13.0. The van der Waals surface area contributed by atoms with Crippen molar-refractivity contribution in [3.8, 4) is 0 Å². The van der Waals surface area contributed by atoms with Gasteiger partial charge in [0.15, 0.2) is 0 Å². The van der Waals surface area contributed by atoms with Crippen molar-refractivity contribution in [1.29, 1.82) is 0 Å². The van der Waals surface area contributed by atoms with Gasteiger partial charge in [-0.05, 0) is 55.2 Å². The molecule has 3 N–H and O–H groups in total. The van der Waals surface area contributed by atoms with Crippen LogP contribution in [0.1, 0.15) is 51.0 Å². The molecular formula is C16H26N2. The molecule has 0 spiro atoms. The summed E-state index contributed by atoms with van der Waals surface area (Å²) in [4.78, 5) is 0. The van der Waals surface area contributed by atoms with Crippen LogP contribution in [-0.2, 0) is 0 Å². The molecule has 1 aliphatic rings. The Morgan fingerprint density at radius 2 is 1.72 bits per heavy atom. The SMILES string of the molecule is CC(C)c1ccc(NCC2CCC(N)CC2)cc1. The van der Waals surface area contributed by atoms with Crippen LogP contribution >= 0.6 is 0 Å². The monoisotopic (exact) mass is 246 g/mol. The van der Waals surface area contributed by atoms with Gasteiger partial charge in [-0.15, -0.1) is 0 Å². The molecule has 0 heterocycles. The molecule has 1 fully saturated rings. The Bertz CT molecular complexity index is 348. The number of anilines is 1. The van der Waals surface area contributed by atoms with Gasteiger partial charge in [-0.25, -0.2) is 0 Å². The van der Waals surface area contributed by atoms with Gasteiger partial charge < -0.3 is 11.1 Å². The van der Waals surface area contributed by atoms with Gasteiger partial charge in [0.25, 0.3) is 0 Å². The van der Waals surface area contributed by atoms with Crippen molar-refractivity contribution in [3.05, 3.63) is 29.8 Å². The third-order valence-corrected chi connectivity index (χ3v) is 4.06. The maximum atomic E-state index is 5.93. The van der Waals surface area contributed by atoms with Gasteiger partial charge in [-0.2, -0.15) is 0 Å². The van der Waals surface area contributed by atoms with E-state index in [1.807, 2.05) is 0 Å². The molecule has 1 aliphatic carbocycles. The zero-order valence-electron chi connectivity index (χ0n) is 11.7. The lowest BCUT2D eigenvalue weighted by molar-refractivity contribution is 0.339. The first kappa shape index (κ1) is 13.4. The van der Waals surface area contributed by atoms with Crippen LogP contribution in [0.3, 0.4) is 0 Å². The van der Waals surface area contributed by atoms with Gasteiger partial charge in [-0.3, -0.25) is 0 Å². The van der Waals surface area contributed by atoms with Crippen LogP contribution in [0, 0.1) is 5.92 Å². The second-order valence-electron chi connectivity index (χ2n) is 5.94. The van der Waals surface area contributed by atoms with Crippen LogP contribution in [0.5, 0.6) is 0 Å². The standard InChI is InChI=1S/C16H26N2/c1-12(2)14-5-9-16(10-6-14)18-11-13-3-7-15(17)8-4-13/h5-6,9-10,12-13,15,18H,3-4,7-8,11,17H2,1-2H3. The highest BCUT2D eigenvalue weighted by Crippen LogP contribution is 2.24. The highest BCUT2D eigenvalue weighted by atomic mass is 14.9. The first-order valence-electron chi connectivity index (χ1n) is 7.24. The fourth-order valence-corrected chi connectivity index (χ4v) is 2.64. The van der Waals surface area contributed by atoms with E-state index in [1.165, 1.54) is 36.9 Å². The summed E-state index contributed by atoms with van der Waals surface area (Å²) in [5.74, 6) is 1.41. The van der Waals surface area contributed by atoms with Crippen LogP contribution in [0.4, 0.5) is 5.69 Å². The van der Waals surface area contributed by atoms with Crippen molar-refractivity contribution >= 4 is 5.69 Å². The summed E-state index contributed by atoms with van der Waals surface area (Å²) >= 11 is 0. The van der Waals surface area contributed by atoms with E-state index in [-0.39, 0.29) is 0 Å². The van der Waals surface area contributed by atoms with Gasteiger partial charge in [0, 0.05) is 18.3 Å². The molecule has 1 aromatic rings. The van der Waals surface area contributed by atoms with Gasteiger partial charge >= 0.3 is 0 Å². The summed E-state index contributed by atoms with van der Waals surface area (Å²) in [5, 5.41) is 3.55. The minimum absolute atomic E-state index is 0.451. The Morgan fingerprint density at radius 3 is 2.28 bits per heavy atom. The van der Waals surface area contributed by atoms with Gasteiger partial charge in [-0.1, -0.05) is 26.0 Å². The second-order valence-corrected chi connectivity index (χ2v) is 5.94. The Kier molecular flexibility index (Phi) is 4.65. The number of rotatable bonds is 4. The van der Waals surface area contributed by atoms with E-state index < -0.39 is 0 Å². The Balaban J connectivity index is 1.79. The quantitative estimate of drug-likeness (QED) is 0.849. The molecule has 0 bridgehead atoms. The molecule has 0 amide bonds. The maximum absolute atomic E-state index is 5.93. The zero-order valence-corrected chi connectivity index (χ0v) is 11.7. The molecule has 2 heteroatoms. The van der Waals surface area contributed by atoms with Crippen molar-refractivity contribution in [2.75, 3.05) is 11.9 Å². The fraction of sp³-hybridized carbons (Fsp3) is 0.625. The van der Waals surface area contributed by atoms with Crippen LogP contribution in [0.2, 0.25) is 0 Å². The summed E-state index contributed by atoms with van der Waals surface area (Å²) in [7, 11) is 0. The molecule has 2 rings (SSSR count). The lowest BCUT2D eigenvalue weighted by atomic mass is 9.86. The number of nitrogens with two attached hydrogens (primary N) is 1. The summed E-state index contributed by atoms with van der Waals surface area (Å²) in [6.45, 7) is 5.55. The van der Waals surface area contributed by atoms with E-state index in [0.717, 1.165) is 12.5 Å². The highest BCUT2D eigenvalue weighted by Gasteiger charge is 2.17. The van der Waals surface area contributed by atoms with E-state index in [1.54, 1.807) is 0 Å². The fourth-order valence-electron chi connectivity index (χ4n) is 2.64. The molecule has 0 radical (unpaired) electrons. The average molecular weight is 246 g/mol. The van der Waals surface area contributed by atoms with Crippen LogP contribution < -0.4 is 11.1 Å². The number of benzene rings is 1. The van der Waals surface area contributed by atoms with Crippen LogP contribution in [-0.4, -0.2) is 12.6 Å². The summed E-state index contributed by atoms with van der Waals surface area (Å²) in [6, 6.07) is 9.30. The van der Waals surface area contributed by atoms with E-state index in [0.29, 0.717) is 12.0 Å². The largest absolute Gasteiger partial charge is 0.385 e. The predicted molar refractivity (Wildman–Crippen MR) is 79.0 cm³/mol. The molecule has 18 heavy (non-hydrogen) atoms. The van der Waals surface area contributed by atoms with E-state index in [9.17, 15) is 0 Å². The first-order chi connectivity index (χ1) is 8.65. The van der Waals surface area contributed by atoms with Crippen molar-refractivity contribution < 1.29 is 0 Å². The maximum Gasteiger partial charge on any atom is 0.0340 e. The average Bonchev–Trinajstić information content (AvgIpc) is 2.38.